The number of nitrogens with zero attached hydrogens (tertiary/aromatic N) is 3. The van der Waals surface area contributed by atoms with E-state index in [0.717, 1.165) is 5.56 Å². The number of nitro groups is 1. The van der Waals surface area contributed by atoms with Crippen LogP contribution in [0.15, 0.2) is 36.9 Å². The van der Waals surface area contributed by atoms with Crippen molar-refractivity contribution in [1.82, 2.24) is 9.55 Å². The highest BCUT2D eigenvalue weighted by Crippen LogP contribution is 2.27. The van der Waals surface area contributed by atoms with Gasteiger partial charge in [-0.3, -0.25) is 10.1 Å². The second-order valence-electron chi connectivity index (χ2n) is 4.13. The second kappa shape index (κ2) is 4.37. The van der Waals surface area contributed by atoms with E-state index in [2.05, 4.69) is 4.98 Å². The highest BCUT2D eigenvalue weighted by molar-refractivity contribution is 5.54. The van der Waals surface area contributed by atoms with Crippen molar-refractivity contribution < 1.29 is 4.92 Å². The molecule has 0 radical (unpaired) electrons. The molecule has 0 saturated heterocycles. The molecule has 0 spiro atoms. The third kappa shape index (κ3) is 2.18. The van der Waals surface area contributed by atoms with E-state index in [9.17, 15) is 10.1 Å². The van der Waals surface area contributed by atoms with E-state index in [1.54, 1.807) is 35.4 Å². The summed E-state index contributed by atoms with van der Waals surface area (Å²) >= 11 is 0. The summed E-state index contributed by atoms with van der Waals surface area (Å²) in [6.07, 6.45) is 4.84. The Bertz CT molecular complexity index is 533. The van der Waals surface area contributed by atoms with Crippen LogP contribution >= 0.6 is 0 Å². The molecule has 1 aromatic heterocycles. The van der Waals surface area contributed by atoms with Gasteiger partial charge in [-0.05, 0) is 17.5 Å². The molecule has 0 unspecified atom stereocenters. The van der Waals surface area contributed by atoms with Gasteiger partial charge in [-0.25, -0.2) is 4.98 Å². The van der Waals surface area contributed by atoms with Crippen LogP contribution in [-0.2, 0) is 0 Å². The fraction of sp³-hybridized carbons (Fsp3) is 0.250. The van der Waals surface area contributed by atoms with Gasteiger partial charge in [-0.2, -0.15) is 0 Å². The first-order valence-corrected chi connectivity index (χ1v) is 5.36. The highest BCUT2D eigenvalue weighted by Gasteiger charge is 2.16. The Hall–Kier alpha value is -2.17. The van der Waals surface area contributed by atoms with Crippen LogP contribution in [0.3, 0.4) is 0 Å². The van der Waals surface area contributed by atoms with E-state index < -0.39 is 0 Å². The summed E-state index contributed by atoms with van der Waals surface area (Å²) in [4.78, 5) is 14.6. The first-order valence-electron chi connectivity index (χ1n) is 5.36. The maximum absolute atomic E-state index is 11.1. The van der Waals surface area contributed by atoms with Gasteiger partial charge in [0.2, 0.25) is 0 Å². The zero-order valence-electron chi connectivity index (χ0n) is 9.70. The van der Waals surface area contributed by atoms with Crippen LogP contribution < -0.4 is 0 Å². The first kappa shape index (κ1) is 11.3. The molecular formula is C12H13N3O2. The van der Waals surface area contributed by atoms with Gasteiger partial charge < -0.3 is 4.57 Å². The zero-order chi connectivity index (χ0) is 12.4. The largest absolute Gasteiger partial charge is 0.300 e. The maximum atomic E-state index is 11.1. The van der Waals surface area contributed by atoms with Crippen LogP contribution in [0.1, 0.15) is 25.3 Å². The van der Waals surface area contributed by atoms with Crippen molar-refractivity contribution in [3.05, 3.63) is 52.6 Å². The minimum Gasteiger partial charge on any atom is -0.300 e. The Morgan fingerprint density at radius 2 is 2.18 bits per heavy atom. The fourth-order valence-corrected chi connectivity index (χ4v) is 1.67. The van der Waals surface area contributed by atoms with Crippen molar-refractivity contribution in [2.24, 2.45) is 0 Å². The summed E-state index contributed by atoms with van der Waals surface area (Å²) in [7, 11) is 0. The Morgan fingerprint density at radius 3 is 2.71 bits per heavy atom. The number of hydrogen-bond donors (Lipinski definition) is 0. The van der Waals surface area contributed by atoms with E-state index >= 15 is 0 Å². The summed E-state index contributed by atoms with van der Waals surface area (Å²) < 4.78 is 1.64. The van der Waals surface area contributed by atoms with Gasteiger partial charge in [-0.1, -0.05) is 19.9 Å². The molecule has 88 valence electrons. The van der Waals surface area contributed by atoms with Crippen LogP contribution in [0.5, 0.6) is 0 Å². The molecule has 2 aromatic rings. The van der Waals surface area contributed by atoms with Crippen molar-refractivity contribution in [2.75, 3.05) is 0 Å². The van der Waals surface area contributed by atoms with Crippen molar-refractivity contribution in [3.63, 3.8) is 0 Å². The zero-order valence-corrected chi connectivity index (χ0v) is 9.70. The summed E-state index contributed by atoms with van der Waals surface area (Å²) in [5.41, 5.74) is 1.60. The lowest BCUT2D eigenvalue weighted by atomic mass is 10.0. The Morgan fingerprint density at radius 1 is 1.41 bits per heavy atom. The minimum absolute atomic E-state index is 0.106. The lowest BCUT2D eigenvalue weighted by molar-refractivity contribution is -0.384. The Kier molecular flexibility index (Phi) is 2.91. The van der Waals surface area contributed by atoms with Gasteiger partial charge in [-0.15, -0.1) is 0 Å². The van der Waals surface area contributed by atoms with E-state index in [1.165, 1.54) is 0 Å². The quantitative estimate of drug-likeness (QED) is 0.602. The summed E-state index contributed by atoms with van der Waals surface area (Å²) in [6.45, 7) is 4.02. The lowest BCUT2D eigenvalue weighted by Gasteiger charge is -2.08. The third-order valence-corrected chi connectivity index (χ3v) is 2.65. The highest BCUT2D eigenvalue weighted by atomic mass is 16.6. The van der Waals surface area contributed by atoms with Crippen molar-refractivity contribution in [1.29, 1.82) is 0 Å². The van der Waals surface area contributed by atoms with E-state index in [-0.39, 0.29) is 16.5 Å². The molecule has 17 heavy (non-hydrogen) atoms. The number of rotatable bonds is 3. The van der Waals surface area contributed by atoms with Crippen molar-refractivity contribution in [2.45, 2.75) is 19.8 Å². The molecule has 0 aliphatic heterocycles. The first-order chi connectivity index (χ1) is 8.09. The van der Waals surface area contributed by atoms with Crippen LogP contribution in [0.25, 0.3) is 5.69 Å². The van der Waals surface area contributed by atoms with Gasteiger partial charge in [0.15, 0.2) is 0 Å². The molecule has 1 heterocycles. The van der Waals surface area contributed by atoms with Gasteiger partial charge >= 0.3 is 0 Å². The lowest BCUT2D eigenvalue weighted by Crippen LogP contribution is -2.00. The monoisotopic (exact) mass is 231 g/mol. The number of benzene rings is 1. The standard InChI is InChI=1S/C12H13N3O2/c1-9(2)10-3-4-11(12(7-10)15(16)17)14-6-5-13-8-14/h3-9H,1-2H3. The maximum Gasteiger partial charge on any atom is 0.293 e. The van der Waals surface area contributed by atoms with Crippen molar-refractivity contribution >= 4 is 5.69 Å². The number of nitro benzene ring substituents is 1. The number of hydrogen-bond acceptors (Lipinski definition) is 3. The van der Waals surface area contributed by atoms with E-state index in [4.69, 9.17) is 0 Å². The molecule has 5 nitrogen and oxygen atoms in total. The summed E-state index contributed by atoms with van der Waals surface area (Å²) in [5, 5.41) is 11.1. The average molecular weight is 231 g/mol. The van der Waals surface area contributed by atoms with Gasteiger partial charge in [0.1, 0.15) is 5.69 Å². The number of imidazole rings is 1. The van der Waals surface area contributed by atoms with Gasteiger partial charge in [0.05, 0.1) is 11.3 Å². The predicted octanol–water partition coefficient (Wildman–Crippen LogP) is 2.90. The molecule has 0 saturated carbocycles. The van der Waals surface area contributed by atoms with Crippen LogP contribution in [0, 0.1) is 10.1 Å². The molecular weight excluding hydrogens is 218 g/mol. The van der Waals surface area contributed by atoms with E-state index in [0.29, 0.717) is 5.69 Å². The van der Waals surface area contributed by atoms with Gasteiger partial charge in [0.25, 0.3) is 5.69 Å². The molecule has 5 heteroatoms. The molecule has 0 atom stereocenters. The van der Waals surface area contributed by atoms with Gasteiger partial charge in [0, 0.05) is 18.5 Å². The molecule has 0 aliphatic rings. The van der Waals surface area contributed by atoms with E-state index in [1.807, 2.05) is 19.9 Å². The topological polar surface area (TPSA) is 61.0 Å². The smallest absolute Gasteiger partial charge is 0.293 e. The molecule has 0 fully saturated rings. The average Bonchev–Trinajstić information content (AvgIpc) is 2.81. The second-order valence-corrected chi connectivity index (χ2v) is 4.13. The molecule has 0 aliphatic carbocycles. The third-order valence-electron chi connectivity index (χ3n) is 2.65. The summed E-state index contributed by atoms with van der Waals surface area (Å²) in [6, 6.07) is 5.29. The SMILES string of the molecule is CC(C)c1ccc(-n2ccnc2)c([N+](=O)[O-])c1. The Balaban J connectivity index is 2.57. The molecule has 2 rings (SSSR count). The Labute approximate surface area is 98.9 Å². The molecule has 1 aromatic carbocycles. The number of aromatic nitrogens is 2. The predicted molar refractivity (Wildman–Crippen MR) is 64.3 cm³/mol. The minimum atomic E-state index is -0.360. The van der Waals surface area contributed by atoms with Crippen LogP contribution in [0.2, 0.25) is 0 Å². The van der Waals surface area contributed by atoms with Crippen LogP contribution in [-0.4, -0.2) is 14.5 Å². The normalized spacial score (nSPS) is 10.8. The molecule has 0 N–H and O–H groups in total. The summed E-state index contributed by atoms with van der Waals surface area (Å²) in [5.74, 6) is 0.269. The van der Waals surface area contributed by atoms with Crippen molar-refractivity contribution in [3.8, 4) is 5.69 Å². The van der Waals surface area contributed by atoms with Crippen LogP contribution in [0.4, 0.5) is 5.69 Å². The molecule has 0 amide bonds. The molecule has 0 bridgehead atoms. The fourth-order valence-electron chi connectivity index (χ4n) is 1.67.